The molecule has 0 saturated carbocycles. The van der Waals surface area contributed by atoms with Crippen molar-refractivity contribution in [2.24, 2.45) is 0 Å². The summed E-state index contributed by atoms with van der Waals surface area (Å²) in [5.41, 5.74) is 2.12. The Balaban J connectivity index is 1.50. The number of hydrogen-bond donors (Lipinski definition) is 2. The molecular weight excluding hydrogens is 430 g/mol. The number of hydrogen-bond acceptors (Lipinski definition) is 5. The van der Waals surface area contributed by atoms with E-state index in [4.69, 9.17) is 14.6 Å². The Morgan fingerprint density at radius 3 is 2.59 bits per heavy atom. The van der Waals surface area contributed by atoms with E-state index in [-0.39, 0.29) is 29.4 Å². The Labute approximate surface area is 203 Å². The molecule has 1 aromatic heterocycles. The average molecular weight is 470 g/mol. The van der Waals surface area contributed by atoms with E-state index in [0.29, 0.717) is 6.61 Å². The lowest BCUT2D eigenvalue weighted by atomic mass is 9.92. The highest BCUT2D eigenvalue weighted by atomic mass is 16.5. The van der Waals surface area contributed by atoms with Gasteiger partial charge in [-0.05, 0) is 18.4 Å². The molecule has 2 amide bonds. The summed E-state index contributed by atoms with van der Waals surface area (Å²) in [6.07, 6.45) is 1.80. The monoisotopic (exact) mass is 469 g/mol. The minimum absolute atomic E-state index is 0.0146. The lowest BCUT2D eigenvalue weighted by Crippen LogP contribution is -2.42. The zero-order valence-electron chi connectivity index (χ0n) is 20.9. The molecule has 2 aliphatic rings. The first-order chi connectivity index (χ1) is 16.3. The molecule has 2 aromatic rings. The second-order valence-electron chi connectivity index (χ2n) is 10.4. The number of methoxy groups -OCH3 is 1. The number of carbonyl (C=O) groups excluding carboxylic acids is 1. The summed E-state index contributed by atoms with van der Waals surface area (Å²) >= 11 is 0. The van der Waals surface area contributed by atoms with E-state index in [1.54, 1.807) is 7.11 Å². The minimum atomic E-state index is -0.187. The number of aromatic nitrogens is 2. The van der Waals surface area contributed by atoms with E-state index in [9.17, 15) is 4.79 Å². The molecule has 2 unspecified atom stereocenters. The van der Waals surface area contributed by atoms with Crippen LogP contribution in [0.5, 0.6) is 0 Å². The van der Waals surface area contributed by atoms with Crippen LogP contribution in [0.15, 0.2) is 36.4 Å². The van der Waals surface area contributed by atoms with Gasteiger partial charge in [0.1, 0.15) is 5.82 Å². The van der Waals surface area contributed by atoms with Crippen LogP contribution in [0.25, 0.3) is 0 Å². The van der Waals surface area contributed by atoms with Crippen molar-refractivity contribution in [1.82, 2.24) is 20.0 Å². The molecule has 186 valence electrons. The highest BCUT2D eigenvalue weighted by Crippen LogP contribution is 2.31. The van der Waals surface area contributed by atoms with Crippen LogP contribution < -0.4 is 10.6 Å². The summed E-state index contributed by atoms with van der Waals surface area (Å²) in [4.78, 5) is 15.6. The molecule has 34 heavy (non-hydrogen) atoms. The second kappa shape index (κ2) is 10.9. The number of likely N-dealkylation sites (tertiary alicyclic amines) is 1. The van der Waals surface area contributed by atoms with Crippen LogP contribution >= 0.6 is 0 Å². The number of nitrogens with one attached hydrogen (secondary N) is 2. The van der Waals surface area contributed by atoms with Gasteiger partial charge in [0, 0.05) is 57.4 Å². The van der Waals surface area contributed by atoms with Crippen molar-refractivity contribution in [2.75, 3.05) is 51.9 Å². The smallest absolute Gasteiger partial charge is 0.320 e. The number of amides is 2. The van der Waals surface area contributed by atoms with Crippen LogP contribution in [-0.4, -0.2) is 73.3 Å². The topological polar surface area (TPSA) is 80.7 Å². The Morgan fingerprint density at radius 1 is 1.18 bits per heavy atom. The van der Waals surface area contributed by atoms with Crippen LogP contribution in [0.3, 0.4) is 0 Å². The molecule has 2 aliphatic heterocycles. The van der Waals surface area contributed by atoms with Gasteiger partial charge in [-0.25, -0.2) is 9.48 Å². The molecule has 0 radical (unpaired) electrons. The molecule has 8 heteroatoms. The van der Waals surface area contributed by atoms with E-state index in [1.165, 1.54) is 5.56 Å². The van der Waals surface area contributed by atoms with Crippen molar-refractivity contribution in [1.29, 1.82) is 0 Å². The Bertz CT molecular complexity index is 934. The zero-order chi connectivity index (χ0) is 24.1. The molecule has 4 rings (SSSR count). The van der Waals surface area contributed by atoms with Crippen molar-refractivity contribution in [3.05, 3.63) is 47.7 Å². The molecular formula is C26H39N5O3. The summed E-state index contributed by atoms with van der Waals surface area (Å²) in [5.74, 6) is 0.981. The van der Waals surface area contributed by atoms with Gasteiger partial charge in [-0.3, -0.25) is 10.2 Å². The largest absolute Gasteiger partial charge is 0.383 e. The van der Waals surface area contributed by atoms with Crippen LogP contribution in [0.4, 0.5) is 10.6 Å². The molecule has 0 bridgehead atoms. The molecule has 0 aliphatic carbocycles. The molecule has 3 heterocycles. The fourth-order valence-electron chi connectivity index (χ4n) is 4.86. The lowest BCUT2D eigenvalue weighted by Gasteiger charge is -2.25. The van der Waals surface area contributed by atoms with Gasteiger partial charge in [0.25, 0.3) is 0 Å². The molecule has 2 N–H and O–H groups in total. The maximum Gasteiger partial charge on any atom is 0.320 e. The SMILES string of the molecule is COCCN1CC(NC(=O)Nc2cc(C(C)(C)C)nn2C2CCOCC2)C(c2ccccc2)C1. The number of rotatable bonds is 7. The van der Waals surface area contributed by atoms with Crippen LogP contribution in [0.1, 0.15) is 56.8 Å². The Kier molecular flexibility index (Phi) is 7.91. The third-order valence-electron chi connectivity index (χ3n) is 6.83. The zero-order valence-corrected chi connectivity index (χ0v) is 20.9. The number of anilines is 1. The third-order valence-corrected chi connectivity index (χ3v) is 6.83. The molecule has 2 saturated heterocycles. The quantitative estimate of drug-likeness (QED) is 0.645. The van der Waals surface area contributed by atoms with Gasteiger partial charge in [0.2, 0.25) is 0 Å². The van der Waals surface area contributed by atoms with Crippen LogP contribution in [0.2, 0.25) is 0 Å². The van der Waals surface area contributed by atoms with Gasteiger partial charge in [-0.15, -0.1) is 0 Å². The number of ether oxygens (including phenoxy) is 2. The van der Waals surface area contributed by atoms with E-state index in [1.807, 2.05) is 16.8 Å². The fourth-order valence-corrected chi connectivity index (χ4v) is 4.86. The summed E-state index contributed by atoms with van der Waals surface area (Å²) in [6.45, 7) is 11.1. The minimum Gasteiger partial charge on any atom is -0.383 e. The van der Waals surface area contributed by atoms with Gasteiger partial charge in [0.05, 0.1) is 24.4 Å². The van der Waals surface area contributed by atoms with Crippen molar-refractivity contribution in [2.45, 2.75) is 57.0 Å². The summed E-state index contributed by atoms with van der Waals surface area (Å²) < 4.78 is 12.8. The first-order valence-electron chi connectivity index (χ1n) is 12.4. The van der Waals surface area contributed by atoms with Gasteiger partial charge in [0.15, 0.2) is 0 Å². The maximum absolute atomic E-state index is 13.2. The molecule has 0 spiro atoms. The van der Waals surface area contributed by atoms with Gasteiger partial charge in [-0.2, -0.15) is 5.10 Å². The number of urea groups is 1. The summed E-state index contributed by atoms with van der Waals surface area (Å²) in [7, 11) is 1.72. The van der Waals surface area contributed by atoms with Crippen molar-refractivity contribution >= 4 is 11.8 Å². The van der Waals surface area contributed by atoms with E-state index >= 15 is 0 Å². The molecule has 2 fully saturated rings. The number of benzene rings is 1. The standard InChI is InChI=1S/C26H39N5O3/c1-26(2,3)23-16-24(31(29-23)20-10-13-34-14-11-20)28-25(32)27-22-18-30(12-15-33-4)17-21(22)19-8-6-5-7-9-19/h5-9,16,20-22H,10-15,17-18H2,1-4H3,(H2,27,28,32). The predicted octanol–water partition coefficient (Wildman–Crippen LogP) is 3.77. The lowest BCUT2D eigenvalue weighted by molar-refractivity contribution is 0.0666. The number of nitrogens with zero attached hydrogens (tertiary/aromatic N) is 3. The van der Waals surface area contributed by atoms with Gasteiger partial charge in [-0.1, -0.05) is 51.1 Å². The van der Waals surface area contributed by atoms with E-state index < -0.39 is 0 Å². The molecule has 8 nitrogen and oxygen atoms in total. The predicted molar refractivity (Wildman–Crippen MR) is 133 cm³/mol. The highest BCUT2D eigenvalue weighted by Gasteiger charge is 2.35. The third kappa shape index (κ3) is 5.98. The van der Waals surface area contributed by atoms with Crippen molar-refractivity contribution in [3.63, 3.8) is 0 Å². The van der Waals surface area contributed by atoms with Crippen molar-refractivity contribution in [3.8, 4) is 0 Å². The van der Waals surface area contributed by atoms with Crippen LogP contribution in [-0.2, 0) is 14.9 Å². The van der Waals surface area contributed by atoms with Crippen LogP contribution in [0, 0.1) is 0 Å². The summed E-state index contributed by atoms with van der Waals surface area (Å²) in [5, 5.41) is 11.3. The molecule has 1 aromatic carbocycles. The second-order valence-corrected chi connectivity index (χ2v) is 10.4. The summed E-state index contributed by atoms with van der Waals surface area (Å²) in [6, 6.07) is 12.5. The normalized spacial score (nSPS) is 22.1. The van der Waals surface area contributed by atoms with E-state index in [2.05, 4.69) is 60.6 Å². The fraction of sp³-hybridized carbons (Fsp3) is 0.615. The van der Waals surface area contributed by atoms with E-state index in [0.717, 1.165) is 57.2 Å². The maximum atomic E-state index is 13.2. The first-order valence-corrected chi connectivity index (χ1v) is 12.4. The average Bonchev–Trinajstić information content (AvgIpc) is 3.43. The van der Waals surface area contributed by atoms with Crippen molar-refractivity contribution < 1.29 is 14.3 Å². The van der Waals surface area contributed by atoms with Gasteiger partial charge < -0.3 is 14.8 Å². The van der Waals surface area contributed by atoms with Gasteiger partial charge >= 0.3 is 6.03 Å². The Morgan fingerprint density at radius 2 is 1.91 bits per heavy atom. The Hall–Kier alpha value is -2.42. The highest BCUT2D eigenvalue weighted by molar-refractivity contribution is 5.88. The number of carbonyl (C=O) groups is 1. The first kappa shape index (κ1) is 24.7. The molecule has 2 atom stereocenters.